The van der Waals surface area contributed by atoms with Crippen molar-refractivity contribution in [2.75, 3.05) is 13.2 Å². The molecule has 0 saturated carbocycles. The lowest BCUT2D eigenvalue weighted by atomic mass is 9.96. The zero-order chi connectivity index (χ0) is 12.8. The number of carbonyl (C=O) groups excluding carboxylic acids is 2. The van der Waals surface area contributed by atoms with Gasteiger partial charge >= 0.3 is 0 Å². The van der Waals surface area contributed by atoms with E-state index in [4.69, 9.17) is 4.74 Å². The Kier molecular flexibility index (Phi) is 4.12. The predicted octanol–water partition coefficient (Wildman–Crippen LogP) is 1.77. The molecule has 1 aliphatic carbocycles. The van der Waals surface area contributed by atoms with Gasteiger partial charge in [-0.15, -0.1) is 0 Å². The largest absolute Gasteiger partial charge is 0.493 e. The number of allylic oxidation sites excluding steroid dienone is 1. The van der Waals surface area contributed by atoms with Crippen LogP contribution in [-0.2, 0) is 20.7 Å². The minimum Gasteiger partial charge on any atom is -0.493 e. The van der Waals surface area contributed by atoms with Crippen molar-refractivity contribution in [1.82, 2.24) is 0 Å². The average Bonchev–Trinajstić information content (AvgIpc) is 2.38. The van der Waals surface area contributed by atoms with Gasteiger partial charge in [0.25, 0.3) is 6.47 Å². The van der Waals surface area contributed by atoms with Gasteiger partial charge in [0.15, 0.2) is 5.78 Å². The minimum absolute atomic E-state index is 0.110. The Morgan fingerprint density at radius 2 is 2.11 bits per heavy atom. The van der Waals surface area contributed by atoms with E-state index >= 15 is 0 Å². The van der Waals surface area contributed by atoms with Gasteiger partial charge in [0.2, 0.25) is 0 Å². The van der Waals surface area contributed by atoms with Gasteiger partial charge in [0.1, 0.15) is 5.75 Å². The Morgan fingerprint density at radius 3 is 2.94 bits per heavy atom. The van der Waals surface area contributed by atoms with E-state index in [2.05, 4.69) is 4.74 Å². The van der Waals surface area contributed by atoms with Crippen LogP contribution in [0.5, 0.6) is 5.75 Å². The lowest BCUT2D eigenvalue weighted by Crippen LogP contribution is -2.06. The predicted molar refractivity (Wildman–Crippen MR) is 66.3 cm³/mol. The van der Waals surface area contributed by atoms with Crippen molar-refractivity contribution >= 4 is 18.3 Å². The first-order valence-corrected chi connectivity index (χ1v) is 5.81. The van der Waals surface area contributed by atoms with E-state index in [1.54, 1.807) is 6.08 Å². The molecular weight excluding hydrogens is 232 g/mol. The topological polar surface area (TPSA) is 52.6 Å². The third kappa shape index (κ3) is 3.20. The van der Waals surface area contributed by atoms with Crippen LogP contribution in [0.2, 0.25) is 0 Å². The maximum atomic E-state index is 11.3. The van der Waals surface area contributed by atoms with E-state index in [1.807, 2.05) is 24.3 Å². The van der Waals surface area contributed by atoms with Gasteiger partial charge in [-0.3, -0.25) is 9.59 Å². The smallest absolute Gasteiger partial charge is 0.293 e. The van der Waals surface area contributed by atoms with Gasteiger partial charge in [-0.25, -0.2) is 0 Å². The van der Waals surface area contributed by atoms with Crippen LogP contribution in [-0.4, -0.2) is 25.5 Å². The summed E-state index contributed by atoms with van der Waals surface area (Å²) in [5.74, 6) is 0.849. The number of rotatable bonds is 6. The molecule has 1 aliphatic rings. The van der Waals surface area contributed by atoms with Crippen LogP contribution in [0.25, 0.3) is 6.08 Å². The summed E-state index contributed by atoms with van der Waals surface area (Å²) < 4.78 is 10.1. The van der Waals surface area contributed by atoms with Gasteiger partial charge in [0, 0.05) is 12.8 Å². The third-order valence-corrected chi connectivity index (χ3v) is 2.67. The summed E-state index contributed by atoms with van der Waals surface area (Å²) in [4.78, 5) is 21.2. The first-order chi connectivity index (χ1) is 8.79. The summed E-state index contributed by atoms with van der Waals surface area (Å²) in [7, 11) is 0. The van der Waals surface area contributed by atoms with Crippen LogP contribution < -0.4 is 4.74 Å². The summed E-state index contributed by atoms with van der Waals surface area (Å²) in [6.45, 7) is 1.27. The normalized spacial score (nSPS) is 13.0. The van der Waals surface area contributed by atoms with E-state index in [-0.39, 0.29) is 5.78 Å². The molecule has 0 saturated heterocycles. The number of fused-ring (bicyclic) bond motifs is 1. The van der Waals surface area contributed by atoms with E-state index in [1.165, 1.54) is 0 Å². The van der Waals surface area contributed by atoms with Gasteiger partial charge in [-0.1, -0.05) is 12.1 Å². The summed E-state index contributed by atoms with van der Waals surface area (Å²) in [5.41, 5.74) is 2.05. The molecule has 0 fully saturated rings. The van der Waals surface area contributed by atoms with Crippen LogP contribution in [0.15, 0.2) is 24.3 Å². The molecule has 2 rings (SSSR count). The second-order valence-electron chi connectivity index (χ2n) is 4.01. The molecular formula is C14H14O4. The van der Waals surface area contributed by atoms with Crippen molar-refractivity contribution < 1.29 is 19.1 Å². The molecule has 4 nitrogen and oxygen atoms in total. The Morgan fingerprint density at radius 1 is 1.22 bits per heavy atom. The van der Waals surface area contributed by atoms with Crippen molar-refractivity contribution in [3.63, 3.8) is 0 Å². The van der Waals surface area contributed by atoms with Crippen molar-refractivity contribution in [1.29, 1.82) is 0 Å². The number of ether oxygens (including phenoxy) is 2. The fraction of sp³-hybridized carbons (Fsp3) is 0.286. The van der Waals surface area contributed by atoms with E-state index < -0.39 is 0 Å². The Bertz CT molecular complexity index is 477. The molecule has 18 heavy (non-hydrogen) atoms. The molecule has 0 bridgehead atoms. The maximum Gasteiger partial charge on any atom is 0.293 e. The molecule has 0 aliphatic heterocycles. The molecule has 94 valence electrons. The maximum absolute atomic E-state index is 11.3. The van der Waals surface area contributed by atoms with Crippen LogP contribution in [0, 0.1) is 0 Å². The fourth-order valence-electron chi connectivity index (χ4n) is 1.80. The Balaban J connectivity index is 1.91. The SMILES string of the molecule is O=COCCCOc1ccc2c(c1)CC(=O)C=C2. The second kappa shape index (κ2) is 6.00. The van der Waals surface area contributed by atoms with Gasteiger partial charge in [0.05, 0.1) is 13.2 Å². The zero-order valence-electron chi connectivity index (χ0n) is 9.93. The minimum atomic E-state index is 0.110. The Hall–Kier alpha value is -2.10. The highest BCUT2D eigenvalue weighted by molar-refractivity contribution is 5.98. The summed E-state index contributed by atoms with van der Waals surface area (Å²) >= 11 is 0. The number of ketones is 1. The first kappa shape index (κ1) is 12.4. The molecule has 0 heterocycles. The molecule has 4 heteroatoms. The summed E-state index contributed by atoms with van der Waals surface area (Å²) in [5, 5.41) is 0. The molecule has 0 radical (unpaired) electrons. The lowest BCUT2D eigenvalue weighted by molar-refractivity contribution is -0.128. The number of hydrogen-bond acceptors (Lipinski definition) is 4. The molecule has 0 N–H and O–H groups in total. The molecule has 0 aromatic heterocycles. The molecule has 1 aromatic carbocycles. The van der Waals surface area contributed by atoms with Crippen molar-refractivity contribution in [3.8, 4) is 5.75 Å². The van der Waals surface area contributed by atoms with Crippen LogP contribution in [0.3, 0.4) is 0 Å². The molecule has 0 unspecified atom stereocenters. The van der Waals surface area contributed by atoms with Crippen LogP contribution in [0.4, 0.5) is 0 Å². The van der Waals surface area contributed by atoms with Crippen molar-refractivity contribution in [2.45, 2.75) is 12.8 Å². The van der Waals surface area contributed by atoms with E-state index in [0.717, 1.165) is 16.9 Å². The summed E-state index contributed by atoms with van der Waals surface area (Å²) in [6, 6.07) is 5.70. The first-order valence-electron chi connectivity index (χ1n) is 5.81. The third-order valence-electron chi connectivity index (χ3n) is 2.67. The molecule has 0 atom stereocenters. The van der Waals surface area contributed by atoms with Crippen LogP contribution in [0.1, 0.15) is 17.5 Å². The van der Waals surface area contributed by atoms with E-state index in [9.17, 15) is 9.59 Å². The quantitative estimate of drug-likeness (QED) is 0.567. The highest BCUT2D eigenvalue weighted by Gasteiger charge is 2.10. The number of hydrogen-bond donors (Lipinski definition) is 0. The number of carbonyl (C=O) groups is 2. The van der Waals surface area contributed by atoms with E-state index in [0.29, 0.717) is 32.5 Å². The zero-order valence-corrected chi connectivity index (χ0v) is 9.93. The summed E-state index contributed by atoms with van der Waals surface area (Å²) in [6.07, 6.45) is 4.49. The fourth-order valence-corrected chi connectivity index (χ4v) is 1.80. The van der Waals surface area contributed by atoms with Crippen molar-refractivity contribution in [2.24, 2.45) is 0 Å². The second-order valence-corrected chi connectivity index (χ2v) is 4.01. The molecule has 1 aromatic rings. The van der Waals surface area contributed by atoms with Crippen molar-refractivity contribution in [3.05, 3.63) is 35.4 Å². The highest BCUT2D eigenvalue weighted by atomic mass is 16.5. The molecule has 0 amide bonds. The monoisotopic (exact) mass is 246 g/mol. The van der Waals surface area contributed by atoms with Gasteiger partial charge < -0.3 is 9.47 Å². The standard InChI is InChI=1S/C14H14O4/c15-10-17-6-1-7-18-14-5-3-11-2-4-13(16)8-12(11)9-14/h2-5,9-10H,1,6-8H2. The average molecular weight is 246 g/mol. The lowest BCUT2D eigenvalue weighted by Gasteiger charge is -2.12. The highest BCUT2D eigenvalue weighted by Crippen LogP contribution is 2.23. The van der Waals surface area contributed by atoms with Crippen LogP contribution >= 0.6 is 0 Å². The number of benzene rings is 1. The van der Waals surface area contributed by atoms with Gasteiger partial charge in [-0.2, -0.15) is 0 Å². The van der Waals surface area contributed by atoms with Gasteiger partial charge in [-0.05, 0) is 29.3 Å². The molecule has 0 spiro atoms. The Labute approximate surface area is 105 Å².